The molecule has 2 aromatic carbocycles. The lowest BCUT2D eigenvalue weighted by Crippen LogP contribution is -2.12. The molecule has 0 aliphatic rings. The lowest BCUT2D eigenvalue weighted by molar-refractivity contribution is 0.355. The Labute approximate surface area is 145 Å². The van der Waals surface area contributed by atoms with Crippen LogP contribution in [-0.4, -0.2) is 31.3 Å². The Balaban J connectivity index is 2.06. The molecule has 1 aromatic heterocycles. The van der Waals surface area contributed by atoms with E-state index in [2.05, 4.69) is 9.97 Å². The molecule has 0 bridgehead atoms. The zero-order chi connectivity index (χ0) is 17.8. The normalized spacial score (nSPS) is 10.4. The minimum Gasteiger partial charge on any atom is -0.497 e. The van der Waals surface area contributed by atoms with Gasteiger partial charge < -0.3 is 19.2 Å². The largest absolute Gasteiger partial charge is 0.497 e. The van der Waals surface area contributed by atoms with E-state index in [-0.39, 0.29) is 0 Å². The SMILES string of the molecule is COc1ccc(-c2cc(-c3ccc(OC)c(OC)c3)nc(=O)[nH]2)cc1. The van der Waals surface area contributed by atoms with Gasteiger partial charge in [0.2, 0.25) is 0 Å². The predicted octanol–water partition coefficient (Wildman–Crippen LogP) is 3.13. The molecule has 0 fully saturated rings. The second kappa shape index (κ2) is 7.09. The molecule has 0 aliphatic carbocycles. The van der Waals surface area contributed by atoms with Gasteiger partial charge in [0.25, 0.3) is 0 Å². The third-order valence-electron chi connectivity index (χ3n) is 3.82. The minimum absolute atomic E-state index is 0.418. The molecule has 3 aromatic rings. The predicted molar refractivity (Wildman–Crippen MR) is 95.4 cm³/mol. The van der Waals surface area contributed by atoms with Crippen molar-refractivity contribution in [2.75, 3.05) is 21.3 Å². The van der Waals surface area contributed by atoms with Crippen molar-refractivity contribution in [1.82, 2.24) is 9.97 Å². The van der Waals surface area contributed by atoms with Crippen LogP contribution in [0.2, 0.25) is 0 Å². The first-order valence-electron chi connectivity index (χ1n) is 7.63. The number of hydrogen-bond acceptors (Lipinski definition) is 5. The van der Waals surface area contributed by atoms with Gasteiger partial charge in [-0.05, 0) is 54.1 Å². The molecule has 0 saturated carbocycles. The highest BCUT2D eigenvalue weighted by atomic mass is 16.5. The quantitative estimate of drug-likeness (QED) is 0.774. The van der Waals surface area contributed by atoms with Gasteiger partial charge in [-0.25, -0.2) is 4.79 Å². The molecule has 6 heteroatoms. The number of nitrogens with one attached hydrogen (secondary N) is 1. The Hall–Kier alpha value is -3.28. The number of benzene rings is 2. The van der Waals surface area contributed by atoms with Crippen molar-refractivity contribution in [1.29, 1.82) is 0 Å². The molecule has 128 valence electrons. The summed E-state index contributed by atoms with van der Waals surface area (Å²) in [4.78, 5) is 18.8. The number of H-pyrrole nitrogens is 1. The fourth-order valence-corrected chi connectivity index (χ4v) is 2.53. The number of nitrogens with zero attached hydrogens (tertiary/aromatic N) is 1. The van der Waals surface area contributed by atoms with Crippen LogP contribution >= 0.6 is 0 Å². The highest BCUT2D eigenvalue weighted by molar-refractivity contribution is 5.69. The summed E-state index contributed by atoms with van der Waals surface area (Å²) in [7, 11) is 4.75. The first kappa shape index (κ1) is 16.6. The van der Waals surface area contributed by atoms with E-state index in [1.807, 2.05) is 36.4 Å². The van der Waals surface area contributed by atoms with Crippen molar-refractivity contribution in [3.05, 3.63) is 59.0 Å². The maximum absolute atomic E-state index is 12.0. The summed E-state index contributed by atoms with van der Waals surface area (Å²) in [5, 5.41) is 0. The summed E-state index contributed by atoms with van der Waals surface area (Å²) in [5.41, 5.74) is 2.43. The number of ether oxygens (including phenoxy) is 3. The molecule has 0 unspecified atom stereocenters. The summed E-state index contributed by atoms with van der Waals surface area (Å²) in [5.74, 6) is 1.94. The van der Waals surface area contributed by atoms with E-state index < -0.39 is 5.69 Å². The molecule has 0 amide bonds. The minimum atomic E-state index is -0.418. The van der Waals surface area contributed by atoms with Crippen LogP contribution in [0.15, 0.2) is 53.3 Å². The fourth-order valence-electron chi connectivity index (χ4n) is 2.53. The Morgan fingerprint density at radius 1 is 0.800 bits per heavy atom. The van der Waals surface area contributed by atoms with E-state index in [1.54, 1.807) is 33.5 Å². The van der Waals surface area contributed by atoms with Crippen LogP contribution in [0.4, 0.5) is 0 Å². The van der Waals surface area contributed by atoms with Crippen LogP contribution in [0.5, 0.6) is 17.2 Å². The van der Waals surface area contributed by atoms with Crippen LogP contribution in [0.25, 0.3) is 22.5 Å². The maximum atomic E-state index is 12.0. The zero-order valence-electron chi connectivity index (χ0n) is 14.2. The Morgan fingerprint density at radius 2 is 1.48 bits per heavy atom. The standard InChI is InChI=1S/C19H18N2O4/c1-23-14-7-4-12(5-8-14)15-11-16(21-19(22)20-15)13-6-9-17(24-2)18(10-13)25-3/h4-11H,1-3H3,(H,20,21,22). The monoisotopic (exact) mass is 338 g/mol. The molecule has 0 atom stereocenters. The summed E-state index contributed by atoms with van der Waals surface area (Å²) >= 11 is 0. The van der Waals surface area contributed by atoms with Gasteiger partial charge in [-0.15, -0.1) is 0 Å². The zero-order valence-corrected chi connectivity index (χ0v) is 14.2. The molecule has 0 radical (unpaired) electrons. The topological polar surface area (TPSA) is 73.4 Å². The van der Waals surface area contributed by atoms with Gasteiger partial charge in [0, 0.05) is 5.56 Å². The molecule has 3 rings (SSSR count). The highest BCUT2D eigenvalue weighted by Gasteiger charge is 2.10. The van der Waals surface area contributed by atoms with Gasteiger partial charge >= 0.3 is 5.69 Å². The van der Waals surface area contributed by atoms with E-state index in [0.29, 0.717) is 22.9 Å². The Bertz CT molecular complexity index is 933. The van der Waals surface area contributed by atoms with Crippen LogP contribution in [0.1, 0.15) is 0 Å². The van der Waals surface area contributed by atoms with Crippen LogP contribution < -0.4 is 19.9 Å². The molecular weight excluding hydrogens is 320 g/mol. The maximum Gasteiger partial charge on any atom is 0.345 e. The molecule has 1 N–H and O–H groups in total. The highest BCUT2D eigenvalue weighted by Crippen LogP contribution is 2.32. The van der Waals surface area contributed by atoms with Crippen LogP contribution in [0.3, 0.4) is 0 Å². The summed E-state index contributed by atoms with van der Waals surface area (Å²) in [6.45, 7) is 0. The van der Waals surface area contributed by atoms with E-state index in [1.165, 1.54) is 0 Å². The van der Waals surface area contributed by atoms with Crippen molar-refractivity contribution in [3.8, 4) is 39.8 Å². The number of hydrogen-bond donors (Lipinski definition) is 1. The van der Waals surface area contributed by atoms with E-state index in [9.17, 15) is 4.79 Å². The summed E-state index contributed by atoms with van der Waals surface area (Å²) in [6.07, 6.45) is 0. The molecule has 0 saturated heterocycles. The summed E-state index contributed by atoms with van der Waals surface area (Å²) in [6, 6.07) is 14.7. The number of rotatable bonds is 5. The lowest BCUT2D eigenvalue weighted by atomic mass is 10.1. The van der Waals surface area contributed by atoms with Crippen molar-refractivity contribution in [2.45, 2.75) is 0 Å². The van der Waals surface area contributed by atoms with Crippen molar-refractivity contribution in [3.63, 3.8) is 0 Å². The third kappa shape index (κ3) is 3.47. The molecule has 1 heterocycles. The van der Waals surface area contributed by atoms with Gasteiger partial charge in [0.05, 0.1) is 32.7 Å². The molecule has 6 nitrogen and oxygen atoms in total. The number of aromatic amines is 1. The second-order valence-corrected chi connectivity index (χ2v) is 5.28. The van der Waals surface area contributed by atoms with Gasteiger partial charge in [-0.2, -0.15) is 4.98 Å². The van der Waals surface area contributed by atoms with Gasteiger partial charge in [-0.1, -0.05) is 0 Å². The average molecular weight is 338 g/mol. The first-order valence-corrected chi connectivity index (χ1v) is 7.63. The van der Waals surface area contributed by atoms with Crippen LogP contribution in [-0.2, 0) is 0 Å². The van der Waals surface area contributed by atoms with Crippen molar-refractivity contribution in [2.24, 2.45) is 0 Å². The number of methoxy groups -OCH3 is 3. The van der Waals surface area contributed by atoms with Gasteiger partial charge in [0.1, 0.15) is 5.75 Å². The van der Waals surface area contributed by atoms with Crippen LogP contribution in [0, 0.1) is 0 Å². The van der Waals surface area contributed by atoms with E-state index in [4.69, 9.17) is 14.2 Å². The van der Waals surface area contributed by atoms with Gasteiger partial charge in [-0.3, -0.25) is 0 Å². The second-order valence-electron chi connectivity index (χ2n) is 5.28. The molecule has 25 heavy (non-hydrogen) atoms. The average Bonchev–Trinajstić information content (AvgIpc) is 2.67. The number of aromatic nitrogens is 2. The van der Waals surface area contributed by atoms with Crippen molar-refractivity contribution >= 4 is 0 Å². The Morgan fingerprint density at radius 3 is 2.12 bits per heavy atom. The third-order valence-corrected chi connectivity index (χ3v) is 3.82. The fraction of sp³-hybridized carbons (Fsp3) is 0.158. The molecule has 0 spiro atoms. The lowest BCUT2D eigenvalue weighted by Gasteiger charge is -2.10. The smallest absolute Gasteiger partial charge is 0.345 e. The van der Waals surface area contributed by atoms with E-state index >= 15 is 0 Å². The summed E-state index contributed by atoms with van der Waals surface area (Å²) < 4.78 is 15.7. The van der Waals surface area contributed by atoms with Gasteiger partial charge in [0.15, 0.2) is 11.5 Å². The molecule has 0 aliphatic heterocycles. The Kier molecular flexibility index (Phi) is 4.70. The van der Waals surface area contributed by atoms with Crippen molar-refractivity contribution < 1.29 is 14.2 Å². The first-order chi connectivity index (χ1) is 12.1. The molecular formula is C19H18N2O4. The van der Waals surface area contributed by atoms with E-state index in [0.717, 1.165) is 16.9 Å².